The van der Waals surface area contributed by atoms with Crippen LogP contribution in [0.5, 0.6) is 0 Å². The molecule has 0 aromatic carbocycles. The van der Waals surface area contributed by atoms with Crippen molar-refractivity contribution in [1.29, 1.82) is 0 Å². The summed E-state index contributed by atoms with van der Waals surface area (Å²) in [5.74, 6) is 2.79. The lowest BCUT2D eigenvalue weighted by Crippen LogP contribution is -2.54. The second kappa shape index (κ2) is 5.60. The molecule has 6 atom stereocenters. The molecule has 4 saturated carbocycles. The van der Waals surface area contributed by atoms with Crippen molar-refractivity contribution in [3.05, 3.63) is 61.3 Å². The lowest BCUT2D eigenvalue weighted by molar-refractivity contribution is -0.0488. The highest BCUT2D eigenvalue weighted by Gasteiger charge is 2.61. The van der Waals surface area contributed by atoms with Gasteiger partial charge in [-0.2, -0.15) is 0 Å². The van der Waals surface area contributed by atoms with Gasteiger partial charge in [0.1, 0.15) is 0 Å². The fraction of sp³-hybridized carbons (Fsp3) is 0.600. The molecule has 0 N–H and O–H groups in total. The van der Waals surface area contributed by atoms with E-state index in [1.165, 1.54) is 67.2 Å². The largest absolute Gasteiger partial charge is 0.102 e. The molecule has 4 rings (SSSR count). The lowest BCUT2D eigenvalue weighted by atomic mass is 9.42. The average Bonchev–Trinajstić information content (AvgIpc) is 2.93. The van der Waals surface area contributed by atoms with Crippen molar-refractivity contribution in [3.8, 4) is 0 Å². The van der Waals surface area contributed by atoms with Gasteiger partial charge in [0.25, 0.3) is 0 Å². The molecule has 0 aromatic heterocycles. The topological polar surface area (TPSA) is 0 Å². The molecule has 4 fully saturated rings. The monoisotopic (exact) mass is 334 g/mol. The zero-order valence-electron chi connectivity index (χ0n) is 16.1. The molecule has 0 heteroatoms. The first-order valence-electron chi connectivity index (χ1n) is 10.2. The van der Waals surface area contributed by atoms with Gasteiger partial charge in [0, 0.05) is 10.8 Å². The Bertz CT molecular complexity index is 676. The minimum Gasteiger partial charge on any atom is -0.102 e. The van der Waals surface area contributed by atoms with Crippen LogP contribution in [0.15, 0.2) is 61.3 Å². The SMILES string of the molecule is C=CC12CCC3C(CC(=C)C4CC(=C)CCC43C(=C)C)C1CCC2=C. The summed E-state index contributed by atoms with van der Waals surface area (Å²) in [6.45, 7) is 24.5. The molecule has 6 unspecified atom stereocenters. The van der Waals surface area contributed by atoms with Crippen LogP contribution in [0.3, 0.4) is 0 Å². The van der Waals surface area contributed by atoms with Crippen LogP contribution in [0.25, 0.3) is 0 Å². The highest BCUT2D eigenvalue weighted by molar-refractivity contribution is 5.35. The summed E-state index contributed by atoms with van der Waals surface area (Å²) >= 11 is 0. The molecule has 0 spiro atoms. The van der Waals surface area contributed by atoms with E-state index in [4.69, 9.17) is 0 Å². The van der Waals surface area contributed by atoms with Gasteiger partial charge in [-0.05, 0) is 82.0 Å². The Hall–Kier alpha value is -1.30. The third-order valence-corrected chi connectivity index (χ3v) is 8.80. The van der Waals surface area contributed by atoms with E-state index in [0.29, 0.717) is 5.92 Å². The van der Waals surface area contributed by atoms with Crippen LogP contribution in [0.2, 0.25) is 0 Å². The first-order chi connectivity index (χ1) is 11.9. The van der Waals surface area contributed by atoms with Gasteiger partial charge in [-0.3, -0.25) is 0 Å². The number of allylic oxidation sites excluding steroid dienone is 5. The number of fused-ring (bicyclic) bond motifs is 5. The van der Waals surface area contributed by atoms with Gasteiger partial charge in [-0.15, -0.1) is 6.58 Å². The highest BCUT2D eigenvalue weighted by Crippen LogP contribution is 2.70. The molecule has 25 heavy (non-hydrogen) atoms. The third-order valence-electron chi connectivity index (χ3n) is 8.80. The van der Waals surface area contributed by atoms with Crippen LogP contribution in [0.4, 0.5) is 0 Å². The van der Waals surface area contributed by atoms with Gasteiger partial charge in [0.15, 0.2) is 0 Å². The van der Waals surface area contributed by atoms with Crippen LogP contribution < -0.4 is 0 Å². The quantitative estimate of drug-likeness (QED) is 0.475. The zero-order chi connectivity index (χ0) is 18.0. The Morgan fingerprint density at radius 2 is 1.80 bits per heavy atom. The van der Waals surface area contributed by atoms with Gasteiger partial charge in [-0.1, -0.05) is 54.7 Å². The van der Waals surface area contributed by atoms with Crippen molar-refractivity contribution in [1.82, 2.24) is 0 Å². The van der Waals surface area contributed by atoms with Crippen molar-refractivity contribution in [2.45, 2.75) is 58.3 Å². The van der Waals surface area contributed by atoms with E-state index < -0.39 is 0 Å². The molecule has 0 amide bonds. The Balaban J connectivity index is 1.79. The van der Waals surface area contributed by atoms with Gasteiger partial charge in [-0.25, -0.2) is 0 Å². The number of hydrogen-bond donors (Lipinski definition) is 0. The van der Waals surface area contributed by atoms with Gasteiger partial charge in [0.05, 0.1) is 0 Å². The first kappa shape index (κ1) is 17.1. The summed E-state index contributed by atoms with van der Waals surface area (Å²) in [7, 11) is 0. The molecule has 0 bridgehead atoms. The van der Waals surface area contributed by atoms with Crippen molar-refractivity contribution in [2.24, 2.45) is 34.5 Å². The van der Waals surface area contributed by atoms with Gasteiger partial charge >= 0.3 is 0 Å². The second-order valence-corrected chi connectivity index (χ2v) is 9.49. The molecule has 134 valence electrons. The minimum atomic E-state index is 0.197. The summed E-state index contributed by atoms with van der Waals surface area (Å²) < 4.78 is 0. The summed E-state index contributed by atoms with van der Waals surface area (Å²) in [6.07, 6.45) is 12.0. The molecular formula is C25H34. The van der Waals surface area contributed by atoms with E-state index in [2.05, 4.69) is 45.9 Å². The van der Waals surface area contributed by atoms with Crippen molar-refractivity contribution >= 4 is 0 Å². The van der Waals surface area contributed by atoms with Crippen LogP contribution in [0.1, 0.15) is 58.3 Å². The highest BCUT2D eigenvalue weighted by atomic mass is 14.6. The summed E-state index contributed by atoms with van der Waals surface area (Å²) in [4.78, 5) is 0. The van der Waals surface area contributed by atoms with Gasteiger partial charge < -0.3 is 0 Å². The summed E-state index contributed by atoms with van der Waals surface area (Å²) in [5.41, 5.74) is 6.21. The molecule has 0 saturated heterocycles. The zero-order valence-corrected chi connectivity index (χ0v) is 16.1. The molecule has 0 aromatic rings. The Morgan fingerprint density at radius 3 is 2.48 bits per heavy atom. The average molecular weight is 335 g/mol. The second-order valence-electron chi connectivity index (χ2n) is 9.49. The molecule has 0 radical (unpaired) electrons. The Morgan fingerprint density at radius 1 is 1.04 bits per heavy atom. The van der Waals surface area contributed by atoms with Crippen LogP contribution in [0, 0.1) is 34.5 Å². The number of hydrogen-bond acceptors (Lipinski definition) is 0. The van der Waals surface area contributed by atoms with Gasteiger partial charge in [0.2, 0.25) is 0 Å². The third kappa shape index (κ3) is 2.06. The van der Waals surface area contributed by atoms with Crippen LogP contribution in [-0.4, -0.2) is 0 Å². The van der Waals surface area contributed by atoms with E-state index >= 15 is 0 Å². The summed E-state index contributed by atoms with van der Waals surface area (Å²) in [6, 6.07) is 0. The fourth-order valence-electron chi connectivity index (χ4n) is 7.61. The molecule has 0 heterocycles. The maximum Gasteiger partial charge on any atom is 0.0117 e. The minimum absolute atomic E-state index is 0.197. The van der Waals surface area contributed by atoms with E-state index in [9.17, 15) is 0 Å². The molecule has 4 aliphatic rings. The standard InChI is InChI=1S/C25H34/c1-7-24-12-11-22-20(21(24)9-8-19(24)6)15-18(5)23-14-17(4)10-13-25(22,23)16(2)3/h7,20-23H,1-2,4-6,8-15H2,3H3. The first-order valence-corrected chi connectivity index (χ1v) is 10.2. The molecule has 0 aliphatic heterocycles. The smallest absolute Gasteiger partial charge is 0.0117 e. The summed E-state index contributed by atoms with van der Waals surface area (Å²) in [5, 5.41) is 0. The lowest BCUT2D eigenvalue weighted by Gasteiger charge is -2.62. The van der Waals surface area contributed by atoms with Crippen LogP contribution >= 0.6 is 0 Å². The molecule has 4 aliphatic carbocycles. The van der Waals surface area contributed by atoms with Crippen molar-refractivity contribution < 1.29 is 0 Å². The maximum absolute atomic E-state index is 4.60. The Labute approximate surface area is 154 Å². The van der Waals surface area contributed by atoms with E-state index in [0.717, 1.165) is 24.2 Å². The van der Waals surface area contributed by atoms with E-state index in [1.54, 1.807) is 0 Å². The Kier molecular flexibility index (Phi) is 3.84. The predicted molar refractivity (Wildman–Crippen MR) is 108 cm³/mol. The normalized spacial score (nSPS) is 46.2. The van der Waals surface area contributed by atoms with E-state index in [1.807, 2.05) is 0 Å². The van der Waals surface area contributed by atoms with Crippen molar-refractivity contribution in [3.63, 3.8) is 0 Å². The number of rotatable bonds is 2. The van der Waals surface area contributed by atoms with E-state index in [-0.39, 0.29) is 10.8 Å². The molecule has 0 nitrogen and oxygen atoms in total. The predicted octanol–water partition coefficient (Wildman–Crippen LogP) is 7.03. The van der Waals surface area contributed by atoms with Crippen LogP contribution in [-0.2, 0) is 0 Å². The van der Waals surface area contributed by atoms with Crippen molar-refractivity contribution in [2.75, 3.05) is 0 Å². The fourth-order valence-corrected chi connectivity index (χ4v) is 7.61. The molecular weight excluding hydrogens is 300 g/mol. The maximum atomic E-state index is 4.60.